The summed E-state index contributed by atoms with van der Waals surface area (Å²) in [7, 11) is 3.06. The Morgan fingerprint density at radius 1 is 1.14 bits per heavy atom. The third-order valence-electron chi connectivity index (χ3n) is 6.36. The van der Waals surface area contributed by atoms with Crippen molar-refractivity contribution in [2.75, 3.05) is 14.2 Å². The predicted octanol–water partition coefficient (Wildman–Crippen LogP) is 3.97. The van der Waals surface area contributed by atoms with Crippen molar-refractivity contribution in [3.63, 3.8) is 0 Å². The van der Waals surface area contributed by atoms with Gasteiger partial charge in [0, 0.05) is 19.0 Å². The molecule has 0 bridgehead atoms. The number of amides is 1. The summed E-state index contributed by atoms with van der Waals surface area (Å²) in [6, 6.07) is 10.9. The minimum atomic E-state index is -0.215. The Morgan fingerprint density at radius 2 is 1.89 bits per heavy atom. The van der Waals surface area contributed by atoms with Gasteiger partial charge in [0.2, 0.25) is 5.91 Å². The number of imidazole rings is 1. The summed E-state index contributed by atoms with van der Waals surface area (Å²) in [5.74, 6) is 1.87. The van der Waals surface area contributed by atoms with E-state index in [4.69, 9.17) is 9.47 Å². The Morgan fingerprint density at radius 3 is 2.60 bits per heavy atom. The van der Waals surface area contributed by atoms with Crippen molar-refractivity contribution in [2.45, 2.75) is 45.7 Å². The van der Waals surface area contributed by atoms with Crippen LogP contribution in [0.25, 0.3) is 21.9 Å². The molecule has 0 spiro atoms. The van der Waals surface area contributed by atoms with Crippen LogP contribution in [-0.2, 0) is 11.3 Å². The highest BCUT2D eigenvalue weighted by atomic mass is 16.5. The second kappa shape index (κ2) is 10.6. The van der Waals surface area contributed by atoms with Crippen LogP contribution in [0, 0.1) is 5.92 Å². The molecule has 2 N–H and O–H groups in total. The van der Waals surface area contributed by atoms with Gasteiger partial charge in [0.25, 0.3) is 5.56 Å². The normalized spacial score (nSPS) is 13.0. The van der Waals surface area contributed by atoms with Crippen molar-refractivity contribution < 1.29 is 14.3 Å². The third kappa shape index (κ3) is 5.13. The van der Waals surface area contributed by atoms with E-state index in [0.717, 1.165) is 23.3 Å². The number of methoxy groups -OCH3 is 2. The summed E-state index contributed by atoms with van der Waals surface area (Å²) in [5, 5.41) is 3.58. The van der Waals surface area contributed by atoms with Gasteiger partial charge in [-0.3, -0.25) is 14.2 Å². The van der Waals surface area contributed by atoms with Gasteiger partial charge in [-0.05, 0) is 30.5 Å². The van der Waals surface area contributed by atoms with Crippen molar-refractivity contribution in [2.24, 2.45) is 5.92 Å². The number of nitrogens with zero attached hydrogens (tertiary/aromatic N) is 3. The van der Waals surface area contributed by atoms with E-state index in [9.17, 15) is 9.59 Å². The number of aryl methyl sites for hydroxylation is 1. The molecule has 1 amide bonds. The van der Waals surface area contributed by atoms with Gasteiger partial charge in [0.1, 0.15) is 5.82 Å². The first kappa shape index (κ1) is 24.3. The number of ether oxygens (including phenoxy) is 2. The SMILES string of the molecule is CCC(C)C(NC(=O)CCCn1cnc2cc(OC)c(OC)cc2c1=O)c1nc2ccccc2[nH]1. The Kier molecular flexibility index (Phi) is 7.33. The maximum Gasteiger partial charge on any atom is 0.261 e. The van der Waals surface area contributed by atoms with Crippen LogP contribution < -0.4 is 20.3 Å². The smallest absolute Gasteiger partial charge is 0.261 e. The topological polar surface area (TPSA) is 111 Å². The van der Waals surface area contributed by atoms with Crippen LogP contribution in [0.2, 0.25) is 0 Å². The maximum atomic E-state index is 13.0. The van der Waals surface area contributed by atoms with Crippen LogP contribution in [-0.4, -0.2) is 39.6 Å². The van der Waals surface area contributed by atoms with E-state index in [0.29, 0.717) is 35.4 Å². The molecule has 0 fully saturated rings. The van der Waals surface area contributed by atoms with Gasteiger partial charge >= 0.3 is 0 Å². The number of carbonyl (C=O) groups excluding carboxylic acids is 1. The Bertz CT molecular complexity index is 1360. The molecular weight excluding hydrogens is 446 g/mol. The Labute approximate surface area is 203 Å². The van der Waals surface area contributed by atoms with E-state index in [2.05, 4.69) is 34.1 Å². The zero-order chi connectivity index (χ0) is 24.9. The van der Waals surface area contributed by atoms with Gasteiger partial charge < -0.3 is 19.8 Å². The van der Waals surface area contributed by atoms with Crippen molar-refractivity contribution in [3.05, 3.63) is 58.9 Å². The summed E-state index contributed by atoms with van der Waals surface area (Å²) >= 11 is 0. The molecule has 0 aliphatic carbocycles. The number of hydrogen-bond donors (Lipinski definition) is 2. The number of rotatable bonds is 10. The van der Waals surface area contributed by atoms with Gasteiger partial charge in [0.05, 0.1) is 48.5 Å². The highest BCUT2D eigenvalue weighted by Gasteiger charge is 2.23. The van der Waals surface area contributed by atoms with E-state index < -0.39 is 0 Å². The van der Waals surface area contributed by atoms with Gasteiger partial charge in [-0.2, -0.15) is 0 Å². The number of para-hydroxylation sites is 2. The van der Waals surface area contributed by atoms with E-state index in [1.54, 1.807) is 12.1 Å². The monoisotopic (exact) mass is 477 g/mol. The first-order valence-electron chi connectivity index (χ1n) is 11.8. The molecule has 2 atom stereocenters. The Balaban J connectivity index is 1.44. The van der Waals surface area contributed by atoms with Crippen molar-refractivity contribution in [1.82, 2.24) is 24.8 Å². The summed E-state index contributed by atoms with van der Waals surface area (Å²) in [6.07, 6.45) is 3.18. The summed E-state index contributed by atoms with van der Waals surface area (Å²) in [4.78, 5) is 38.2. The lowest BCUT2D eigenvalue weighted by molar-refractivity contribution is -0.122. The van der Waals surface area contributed by atoms with E-state index in [1.807, 2.05) is 24.3 Å². The van der Waals surface area contributed by atoms with Crippen LogP contribution >= 0.6 is 0 Å². The minimum absolute atomic E-state index is 0.0797. The highest BCUT2D eigenvalue weighted by Crippen LogP contribution is 2.30. The summed E-state index contributed by atoms with van der Waals surface area (Å²) in [6.45, 7) is 4.57. The molecule has 0 aliphatic heterocycles. The predicted molar refractivity (Wildman–Crippen MR) is 135 cm³/mol. The molecule has 35 heavy (non-hydrogen) atoms. The van der Waals surface area contributed by atoms with E-state index in [-0.39, 0.29) is 29.8 Å². The van der Waals surface area contributed by atoms with Crippen LogP contribution in [0.15, 0.2) is 47.5 Å². The largest absolute Gasteiger partial charge is 0.493 e. The molecule has 9 heteroatoms. The van der Waals surface area contributed by atoms with E-state index in [1.165, 1.54) is 25.1 Å². The minimum Gasteiger partial charge on any atom is -0.493 e. The molecule has 2 aromatic heterocycles. The fraction of sp³-hybridized carbons (Fsp3) is 0.385. The number of nitrogens with one attached hydrogen (secondary N) is 2. The molecule has 184 valence electrons. The lowest BCUT2D eigenvalue weighted by atomic mass is 9.98. The molecule has 9 nitrogen and oxygen atoms in total. The summed E-state index contributed by atoms with van der Waals surface area (Å²) < 4.78 is 12.1. The fourth-order valence-corrected chi connectivity index (χ4v) is 4.14. The molecule has 2 aromatic carbocycles. The molecule has 0 saturated heterocycles. The number of hydrogen-bond acceptors (Lipinski definition) is 6. The molecule has 4 rings (SSSR count). The summed E-state index contributed by atoms with van der Waals surface area (Å²) in [5.41, 5.74) is 2.17. The number of carbonyl (C=O) groups is 1. The quantitative estimate of drug-likeness (QED) is 0.357. The molecule has 2 heterocycles. The van der Waals surface area contributed by atoms with Gasteiger partial charge in [0.15, 0.2) is 11.5 Å². The van der Waals surface area contributed by atoms with Gasteiger partial charge in [-0.15, -0.1) is 0 Å². The zero-order valence-corrected chi connectivity index (χ0v) is 20.5. The molecule has 0 radical (unpaired) electrons. The first-order chi connectivity index (χ1) is 16.9. The molecule has 4 aromatic rings. The average molecular weight is 478 g/mol. The zero-order valence-electron chi connectivity index (χ0n) is 20.5. The van der Waals surface area contributed by atoms with Crippen LogP contribution in [0.4, 0.5) is 0 Å². The number of H-pyrrole nitrogens is 1. The maximum absolute atomic E-state index is 13.0. The second-order valence-corrected chi connectivity index (χ2v) is 8.64. The number of benzene rings is 2. The standard InChI is InChI=1S/C26H31N5O4/c1-5-16(2)24(25-28-18-9-6-7-10-19(18)29-25)30-23(32)11-8-12-31-15-27-20-14-22(35-4)21(34-3)13-17(20)26(31)33/h6-7,9-10,13-16,24H,5,8,11-12H2,1-4H3,(H,28,29)(H,30,32). The van der Waals surface area contributed by atoms with Crippen molar-refractivity contribution in [3.8, 4) is 11.5 Å². The molecule has 0 saturated carbocycles. The van der Waals surface area contributed by atoms with Crippen LogP contribution in [0.5, 0.6) is 11.5 Å². The lowest BCUT2D eigenvalue weighted by Gasteiger charge is -2.22. The second-order valence-electron chi connectivity index (χ2n) is 8.64. The first-order valence-corrected chi connectivity index (χ1v) is 11.8. The van der Waals surface area contributed by atoms with Crippen molar-refractivity contribution >= 4 is 27.8 Å². The van der Waals surface area contributed by atoms with Gasteiger partial charge in [-0.25, -0.2) is 9.97 Å². The Hall–Kier alpha value is -3.88. The highest BCUT2D eigenvalue weighted by molar-refractivity contribution is 5.81. The fourth-order valence-electron chi connectivity index (χ4n) is 4.14. The number of aromatic nitrogens is 4. The average Bonchev–Trinajstić information content (AvgIpc) is 3.31. The van der Waals surface area contributed by atoms with E-state index >= 15 is 0 Å². The van der Waals surface area contributed by atoms with Gasteiger partial charge in [-0.1, -0.05) is 32.4 Å². The molecule has 0 aliphatic rings. The number of fused-ring (bicyclic) bond motifs is 2. The van der Waals surface area contributed by atoms with Crippen LogP contribution in [0.1, 0.15) is 45.0 Å². The third-order valence-corrected chi connectivity index (χ3v) is 6.36. The van der Waals surface area contributed by atoms with Crippen molar-refractivity contribution in [1.29, 1.82) is 0 Å². The molecule has 2 unspecified atom stereocenters. The lowest BCUT2D eigenvalue weighted by Crippen LogP contribution is -2.33. The van der Waals surface area contributed by atoms with Crippen LogP contribution in [0.3, 0.4) is 0 Å². The molecular formula is C26H31N5O4. The number of aromatic amines is 1.